The molecule has 21 heavy (non-hydrogen) atoms. The molecule has 3 rings (SSSR count). The van der Waals surface area contributed by atoms with Crippen LogP contribution >= 0.6 is 0 Å². The second kappa shape index (κ2) is 7.26. The van der Waals surface area contributed by atoms with Crippen molar-refractivity contribution in [2.45, 2.75) is 64.3 Å². The SMILES string of the molecule is CCCNC(C1=CCCCC1)C1CCc2ccccc2C1. The molecule has 2 aliphatic carbocycles. The Kier molecular flexibility index (Phi) is 5.13. The van der Waals surface area contributed by atoms with Crippen molar-refractivity contribution >= 4 is 0 Å². The molecule has 0 radical (unpaired) electrons. The van der Waals surface area contributed by atoms with Gasteiger partial charge in [-0.2, -0.15) is 0 Å². The van der Waals surface area contributed by atoms with E-state index in [9.17, 15) is 0 Å². The van der Waals surface area contributed by atoms with Crippen molar-refractivity contribution in [2.75, 3.05) is 6.54 Å². The Morgan fingerprint density at radius 3 is 2.76 bits per heavy atom. The Balaban J connectivity index is 1.76. The number of hydrogen-bond acceptors (Lipinski definition) is 1. The molecule has 0 saturated heterocycles. The van der Waals surface area contributed by atoms with Gasteiger partial charge in [0.2, 0.25) is 0 Å². The number of benzene rings is 1. The molecule has 0 aliphatic heterocycles. The molecule has 0 saturated carbocycles. The molecule has 1 aromatic rings. The van der Waals surface area contributed by atoms with Gasteiger partial charge in [0.15, 0.2) is 0 Å². The van der Waals surface area contributed by atoms with Gasteiger partial charge in [0.25, 0.3) is 0 Å². The first-order valence-corrected chi connectivity index (χ1v) is 8.87. The molecule has 0 bridgehead atoms. The van der Waals surface area contributed by atoms with E-state index < -0.39 is 0 Å². The normalized spacial score (nSPS) is 23.3. The summed E-state index contributed by atoms with van der Waals surface area (Å²) in [6.07, 6.45) is 13.0. The first kappa shape index (κ1) is 14.8. The van der Waals surface area contributed by atoms with Gasteiger partial charge in [-0.05, 0) is 75.0 Å². The summed E-state index contributed by atoms with van der Waals surface area (Å²) < 4.78 is 0. The van der Waals surface area contributed by atoms with Gasteiger partial charge in [-0.3, -0.25) is 0 Å². The molecule has 114 valence electrons. The van der Waals surface area contributed by atoms with Crippen LogP contribution in [0, 0.1) is 5.92 Å². The van der Waals surface area contributed by atoms with Gasteiger partial charge in [0.1, 0.15) is 0 Å². The monoisotopic (exact) mass is 283 g/mol. The maximum absolute atomic E-state index is 3.87. The Labute approximate surface area is 129 Å². The van der Waals surface area contributed by atoms with Crippen LogP contribution in [-0.4, -0.2) is 12.6 Å². The van der Waals surface area contributed by atoms with E-state index in [4.69, 9.17) is 0 Å². The lowest BCUT2D eigenvalue weighted by molar-refractivity contribution is 0.343. The van der Waals surface area contributed by atoms with E-state index >= 15 is 0 Å². The summed E-state index contributed by atoms with van der Waals surface area (Å²) in [5.41, 5.74) is 4.88. The molecule has 0 heterocycles. The second-order valence-corrected chi connectivity index (χ2v) is 6.73. The first-order chi connectivity index (χ1) is 10.4. The first-order valence-electron chi connectivity index (χ1n) is 8.87. The lowest BCUT2D eigenvalue weighted by Crippen LogP contribution is -2.41. The van der Waals surface area contributed by atoms with E-state index in [2.05, 4.69) is 42.6 Å². The third kappa shape index (κ3) is 3.58. The van der Waals surface area contributed by atoms with Gasteiger partial charge in [0.05, 0.1) is 0 Å². The van der Waals surface area contributed by atoms with Gasteiger partial charge in [-0.15, -0.1) is 0 Å². The van der Waals surface area contributed by atoms with Crippen LogP contribution < -0.4 is 5.32 Å². The van der Waals surface area contributed by atoms with Gasteiger partial charge in [0, 0.05) is 6.04 Å². The van der Waals surface area contributed by atoms with E-state index in [0.29, 0.717) is 6.04 Å². The Hall–Kier alpha value is -1.08. The van der Waals surface area contributed by atoms with Crippen molar-refractivity contribution in [3.8, 4) is 0 Å². The summed E-state index contributed by atoms with van der Waals surface area (Å²) in [5, 5.41) is 3.87. The molecule has 1 N–H and O–H groups in total. The molecule has 1 nitrogen and oxygen atoms in total. The highest BCUT2D eigenvalue weighted by Crippen LogP contribution is 2.32. The van der Waals surface area contributed by atoms with Crippen molar-refractivity contribution in [2.24, 2.45) is 5.92 Å². The largest absolute Gasteiger partial charge is 0.310 e. The van der Waals surface area contributed by atoms with E-state index in [1.807, 2.05) is 0 Å². The van der Waals surface area contributed by atoms with Gasteiger partial charge in [-0.25, -0.2) is 0 Å². The van der Waals surface area contributed by atoms with Crippen molar-refractivity contribution in [1.29, 1.82) is 0 Å². The Morgan fingerprint density at radius 1 is 1.14 bits per heavy atom. The predicted molar refractivity (Wildman–Crippen MR) is 90.6 cm³/mol. The fourth-order valence-corrected chi connectivity index (χ4v) is 4.06. The highest BCUT2D eigenvalue weighted by Gasteiger charge is 2.28. The molecular weight excluding hydrogens is 254 g/mol. The lowest BCUT2D eigenvalue weighted by Gasteiger charge is -2.35. The van der Waals surface area contributed by atoms with Gasteiger partial charge < -0.3 is 5.32 Å². The summed E-state index contributed by atoms with van der Waals surface area (Å²) in [6, 6.07) is 9.68. The zero-order valence-electron chi connectivity index (χ0n) is 13.4. The summed E-state index contributed by atoms with van der Waals surface area (Å²) in [5.74, 6) is 0.788. The zero-order chi connectivity index (χ0) is 14.5. The van der Waals surface area contributed by atoms with Gasteiger partial charge in [-0.1, -0.05) is 42.8 Å². The highest BCUT2D eigenvalue weighted by atomic mass is 14.9. The van der Waals surface area contributed by atoms with Crippen LogP contribution in [0.2, 0.25) is 0 Å². The fourth-order valence-electron chi connectivity index (χ4n) is 4.06. The summed E-state index contributed by atoms with van der Waals surface area (Å²) >= 11 is 0. The number of fused-ring (bicyclic) bond motifs is 1. The maximum atomic E-state index is 3.87. The number of rotatable bonds is 5. The van der Waals surface area contributed by atoms with Crippen LogP contribution in [-0.2, 0) is 12.8 Å². The van der Waals surface area contributed by atoms with E-state index in [-0.39, 0.29) is 0 Å². The van der Waals surface area contributed by atoms with Crippen LogP contribution in [0.25, 0.3) is 0 Å². The molecule has 0 amide bonds. The minimum atomic E-state index is 0.624. The molecule has 1 heteroatoms. The van der Waals surface area contributed by atoms with Crippen LogP contribution in [0.3, 0.4) is 0 Å². The van der Waals surface area contributed by atoms with Crippen molar-refractivity contribution in [3.05, 3.63) is 47.0 Å². The Bertz CT molecular complexity index is 488. The van der Waals surface area contributed by atoms with E-state index in [1.54, 1.807) is 16.7 Å². The standard InChI is InChI=1S/C20H29N/c1-2-14-21-20(17-9-4-3-5-10-17)19-13-12-16-8-6-7-11-18(16)15-19/h6-9,11,19-21H,2-5,10,12-15H2,1H3. The Morgan fingerprint density at radius 2 is 2.00 bits per heavy atom. The van der Waals surface area contributed by atoms with Crippen LogP contribution in [0.1, 0.15) is 56.6 Å². The minimum Gasteiger partial charge on any atom is -0.310 e. The number of hydrogen-bond donors (Lipinski definition) is 1. The maximum Gasteiger partial charge on any atom is 0.0311 e. The molecule has 0 aromatic heterocycles. The van der Waals surface area contributed by atoms with Crippen molar-refractivity contribution in [1.82, 2.24) is 5.32 Å². The van der Waals surface area contributed by atoms with Crippen LogP contribution in [0.4, 0.5) is 0 Å². The van der Waals surface area contributed by atoms with Crippen molar-refractivity contribution in [3.63, 3.8) is 0 Å². The summed E-state index contributed by atoms with van der Waals surface area (Å²) in [6.45, 7) is 3.43. The molecule has 1 aromatic carbocycles. The van der Waals surface area contributed by atoms with Gasteiger partial charge >= 0.3 is 0 Å². The molecular formula is C20H29N. The molecule has 2 atom stereocenters. The third-order valence-corrected chi connectivity index (χ3v) is 5.20. The van der Waals surface area contributed by atoms with Crippen LogP contribution in [0.5, 0.6) is 0 Å². The molecule has 2 aliphatic rings. The zero-order valence-corrected chi connectivity index (χ0v) is 13.4. The minimum absolute atomic E-state index is 0.624. The average molecular weight is 283 g/mol. The molecule has 0 fully saturated rings. The number of nitrogens with one attached hydrogen (secondary N) is 1. The molecule has 2 unspecified atom stereocenters. The highest BCUT2D eigenvalue weighted by molar-refractivity contribution is 5.31. The summed E-state index contributed by atoms with van der Waals surface area (Å²) in [4.78, 5) is 0. The fraction of sp³-hybridized carbons (Fsp3) is 0.600. The predicted octanol–water partition coefficient (Wildman–Crippen LogP) is 4.66. The smallest absolute Gasteiger partial charge is 0.0311 e. The quantitative estimate of drug-likeness (QED) is 0.775. The van der Waals surface area contributed by atoms with Crippen molar-refractivity contribution < 1.29 is 0 Å². The molecule has 0 spiro atoms. The topological polar surface area (TPSA) is 12.0 Å². The number of allylic oxidation sites excluding steroid dienone is 1. The second-order valence-electron chi connectivity index (χ2n) is 6.73. The third-order valence-electron chi connectivity index (χ3n) is 5.20. The lowest BCUT2D eigenvalue weighted by atomic mass is 9.76. The van der Waals surface area contributed by atoms with E-state index in [1.165, 1.54) is 51.4 Å². The summed E-state index contributed by atoms with van der Waals surface area (Å²) in [7, 11) is 0. The average Bonchev–Trinajstić information content (AvgIpc) is 2.56. The number of aryl methyl sites for hydroxylation is 1. The van der Waals surface area contributed by atoms with E-state index in [0.717, 1.165) is 12.5 Å². The van der Waals surface area contributed by atoms with Crippen LogP contribution in [0.15, 0.2) is 35.9 Å².